The standard InChI is InChI=1S/C9H22BN/c1-9(2,3)8-11-7-5-4-6-10/h11H,4-8,10H2,1-3H3. The van der Waals surface area contributed by atoms with Crippen molar-refractivity contribution in [3.8, 4) is 0 Å². The molecule has 0 atom stereocenters. The Morgan fingerprint density at radius 3 is 2.27 bits per heavy atom. The van der Waals surface area contributed by atoms with Crippen LogP contribution in [0.25, 0.3) is 0 Å². The lowest BCUT2D eigenvalue weighted by atomic mass is 9.96. The van der Waals surface area contributed by atoms with Crippen LogP contribution in [0.4, 0.5) is 0 Å². The van der Waals surface area contributed by atoms with E-state index in [1.165, 1.54) is 25.7 Å². The second kappa shape index (κ2) is 5.65. The van der Waals surface area contributed by atoms with Gasteiger partial charge in [-0.15, -0.1) is 0 Å². The van der Waals surface area contributed by atoms with Crippen molar-refractivity contribution in [3.63, 3.8) is 0 Å². The Morgan fingerprint density at radius 2 is 1.82 bits per heavy atom. The Morgan fingerprint density at radius 1 is 1.18 bits per heavy atom. The van der Waals surface area contributed by atoms with Gasteiger partial charge in [-0.3, -0.25) is 0 Å². The summed E-state index contributed by atoms with van der Waals surface area (Å²) in [5.74, 6) is 0. The molecule has 0 saturated carbocycles. The maximum atomic E-state index is 3.46. The Labute approximate surface area is 72.4 Å². The average Bonchev–Trinajstić information content (AvgIpc) is 1.85. The summed E-state index contributed by atoms with van der Waals surface area (Å²) in [6.45, 7) is 9.11. The lowest BCUT2D eigenvalue weighted by molar-refractivity contribution is 0.379. The lowest BCUT2D eigenvalue weighted by Gasteiger charge is -2.18. The van der Waals surface area contributed by atoms with Crippen LogP contribution in [0.15, 0.2) is 0 Å². The third-order valence-electron chi connectivity index (χ3n) is 1.61. The van der Waals surface area contributed by atoms with E-state index in [0.29, 0.717) is 5.41 Å². The van der Waals surface area contributed by atoms with E-state index in [9.17, 15) is 0 Å². The summed E-state index contributed by atoms with van der Waals surface area (Å²) in [7, 11) is 2.24. The van der Waals surface area contributed by atoms with E-state index in [-0.39, 0.29) is 0 Å². The largest absolute Gasteiger partial charge is 0.316 e. The minimum Gasteiger partial charge on any atom is -0.316 e. The molecule has 0 heterocycles. The molecule has 0 rings (SSSR count). The van der Waals surface area contributed by atoms with Gasteiger partial charge in [0, 0.05) is 0 Å². The van der Waals surface area contributed by atoms with Crippen molar-refractivity contribution in [2.45, 2.75) is 39.9 Å². The van der Waals surface area contributed by atoms with Crippen molar-refractivity contribution >= 4 is 7.85 Å². The normalized spacial score (nSPS) is 11.9. The highest BCUT2D eigenvalue weighted by Crippen LogP contribution is 2.09. The van der Waals surface area contributed by atoms with Crippen LogP contribution < -0.4 is 5.32 Å². The second-order valence-corrected chi connectivity index (χ2v) is 4.44. The topological polar surface area (TPSA) is 12.0 Å². The molecule has 0 aromatic rings. The Bertz CT molecular complexity index is 86.1. The van der Waals surface area contributed by atoms with E-state index in [1.54, 1.807) is 0 Å². The summed E-state index contributed by atoms with van der Waals surface area (Å²) in [5.41, 5.74) is 0.437. The van der Waals surface area contributed by atoms with Crippen LogP contribution in [-0.4, -0.2) is 20.9 Å². The third-order valence-corrected chi connectivity index (χ3v) is 1.61. The van der Waals surface area contributed by atoms with Gasteiger partial charge in [-0.1, -0.05) is 33.5 Å². The zero-order valence-corrected chi connectivity index (χ0v) is 8.54. The molecule has 0 aliphatic rings. The molecule has 0 unspecified atom stereocenters. The van der Waals surface area contributed by atoms with Crippen LogP contribution in [0.1, 0.15) is 33.6 Å². The molecule has 0 fully saturated rings. The van der Waals surface area contributed by atoms with Gasteiger partial charge in [0.05, 0.1) is 0 Å². The molecule has 0 amide bonds. The molecule has 0 aromatic heterocycles. The summed E-state index contributed by atoms with van der Waals surface area (Å²) in [4.78, 5) is 0. The van der Waals surface area contributed by atoms with Crippen molar-refractivity contribution in [1.82, 2.24) is 5.32 Å². The molecule has 0 aliphatic heterocycles. The van der Waals surface area contributed by atoms with Gasteiger partial charge in [0.25, 0.3) is 0 Å². The van der Waals surface area contributed by atoms with Crippen molar-refractivity contribution in [2.24, 2.45) is 5.41 Å². The second-order valence-electron chi connectivity index (χ2n) is 4.44. The monoisotopic (exact) mass is 155 g/mol. The molecule has 66 valence electrons. The molecule has 0 aliphatic carbocycles. The van der Waals surface area contributed by atoms with E-state index < -0.39 is 0 Å². The van der Waals surface area contributed by atoms with Crippen LogP contribution in [0.5, 0.6) is 0 Å². The summed E-state index contributed by atoms with van der Waals surface area (Å²) in [6.07, 6.45) is 4.00. The zero-order chi connectivity index (χ0) is 8.74. The van der Waals surface area contributed by atoms with Gasteiger partial charge in [0.15, 0.2) is 0 Å². The molecule has 11 heavy (non-hydrogen) atoms. The van der Waals surface area contributed by atoms with Crippen molar-refractivity contribution in [1.29, 1.82) is 0 Å². The first-order chi connectivity index (χ1) is 5.06. The number of hydrogen-bond donors (Lipinski definition) is 1. The fourth-order valence-corrected chi connectivity index (χ4v) is 0.963. The van der Waals surface area contributed by atoms with Gasteiger partial charge in [0.1, 0.15) is 7.85 Å². The van der Waals surface area contributed by atoms with E-state index >= 15 is 0 Å². The highest BCUT2D eigenvalue weighted by Gasteiger charge is 2.07. The predicted octanol–water partition coefficient (Wildman–Crippen LogP) is 1.45. The SMILES string of the molecule is BCCCCNCC(C)(C)C. The van der Waals surface area contributed by atoms with Crippen LogP contribution >= 0.6 is 0 Å². The van der Waals surface area contributed by atoms with E-state index in [4.69, 9.17) is 0 Å². The van der Waals surface area contributed by atoms with Gasteiger partial charge >= 0.3 is 0 Å². The quantitative estimate of drug-likeness (QED) is 0.468. The lowest BCUT2D eigenvalue weighted by Crippen LogP contribution is -2.27. The van der Waals surface area contributed by atoms with Crippen LogP contribution in [-0.2, 0) is 0 Å². The van der Waals surface area contributed by atoms with Crippen LogP contribution in [0, 0.1) is 5.41 Å². The van der Waals surface area contributed by atoms with E-state index in [0.717, 1.165) is 6.54 Å². The molecule has 2 heteroatoms. The summed E-state index contributed by atoms with van der Waals surface area (Å²) in [5, 5.41) is 3.46. The van der Waals surface area contributed by atoms with E-state index in [2.05, 4.69) is 33.9 Å². The Hall–Kier alpha value is 0.0249. The molecule has 1 nitrogen and oxygen atoms in total. The number of rotatable bonds is 5. The van der Waals surface area contributed by atoms with Gasteiger partial charge in [-0.05, 0) is 24.9 Å². The Balaban J connectivity index is 3.02. The molecule has 0 aromatic carbocycles. The van der Waals surface area contributed by atoms with Gasteiger partial charge in [0.2, 0.25) is 0 Å². The fraction of sp³-hybridized carbons (Fsp3) is 1.00. The van der Waals surface area contributed by atoms with Crippen molar-refractivity contribution in [2.75, 3.05) is 13.1 Å². The Kier molecular flexibility index (Phi) is 5.66. The molecule has 0 saturated heterocycles. The number of unbranched alkanes of at least 4 members (excludes halogenated alkanes) is 1. The van der Waals surface area contributed by atoms with Gasteiger partial charge in [-0.2, -0.15) is 0 Å². The molecule has 0 bridgehead atoms. The third kappa shape index (κ3) is 10.0. The first kappa shape index (κ1) is 11.0. The van der Waals surface area contributed by atoms with Gasteiger partial charge in [-0.25, -0.2) is 0 Å². The van der Waals surface area contributed by atoms with Gasteiger partial charge < -0.3 is 5.32 Å². The first-order valence-electron chi connectivity index (χ1n) is 4.77. The first-order valence-corrected chi connectivity index (χ1v) is 4.77. The minimum atomic E-state index is 0.437. The molecular formula is C9H22BN. The summed E-state index contributed by atoms with van der Waals surface area (Å²) in [6, 6.07) is 0. The zero-order valence-electron chi connectivity index (χ0n) is 8.54. The predicted molar refractivity (Wildman–Crippen MR) is 54.9 cm³/mol. The van der Waals surface area contributed by atoms with Crippen LogP contribution in [0.2, 0.25) is 6.32 Å². The number of nitrogens with one attached hydrogen (secondary N) is 1. The van der Waals surface area contributed by atoms with E-state index in [1.807, 2.05) is 0 Å². The highest BCUT2D eigenvalue weighted by atomic mass is 14.9. The summed E-state index contributed by atoms with van der Waals surface area (Å²) >= 11 is 0. The minimum absolute atomic E-state index is 0.437. The van der Waals surface area contributed by atoms with Crippen molar-refractivity contribution in [3.05, 3.63) is 0 Å². The molecule has 0 radical (unpaired) electrons. The van der Waals surface area contributed by atoms with Crippen molar-refractivity contribution < 1.29 is 0 Å². The maximum Gasteiger partial charge on any atom is 0.101 e. The maximum absolute atomic E-state index is 3.46. The molecule has 0 spiro atoms. The highest BCUT2D eigenvalue weighted by molar-refractivity contribution is 6.08. The fourth-order valence-electron chi connectivity index (χ4n) is 0.963. The summed E-state index contributed by atoms with van der Waals surface area (Å²) < 4.78 is 0. The van der Waals surface area contributed by atoms with Crippen LogP contribution in [0.3, 0.4) is 0 Å². The average molecular weight is 155 g/mol. The molecule has 1 N–H and O–H groups in total. The molecular weight excluding hydrogens is 133 g/mol. The number of hydrogen-bond acceptors (Lipinski definition) is 1. The smallest absolute Gasteiger partial charge is 0.101 e.